The number of anilines is 2. The van der Waals surface area contributed by atoms with Crippen molar-refractivity contribution in [2.75, 3.05) is 10.0 Å². The Bertz CT molecular complexity index is 1170. The number of sulfonamides is 1. The SMILES string of the molecule is Cc1ccc(S[C@@H](C)C(=O)Nc2ccc(S(=O)(=O)Nc3ccc(C)cc3C)cc2)cc1. The molecule has 0 saturated carbocycles. The Balaban J connectivity index is 1.64. The first kappa shape index (κ1) is 22.9. The minimum atomic E-state index is -3.72. The normalized spacial score (nSPS) is 12.3. The number of rotatable bonds is 7. The van der Waals surface area contributed by atoms with Crippen LogP contribution in [0.1, 0.15) is 23.6 Å². The van der Waals surface area contributed by atoms with Gasteiger partial charge in [0.1, 0.15) is 0 Å². The van der Waals surface area contributed by atoms with Gasteiger partial charge < -0.3 is 5.32 Å². The molecule has 0 radical (unpaired) electrons. The van der Waals surface area contributed by atoms with E-state index in [9.17, 15) is 13.2 Å². The molecule has 0 aliphatic carbocycles. The number of amides is 1. The first-order valence-electron chi connectivity index (χ1n) is 9.88. The van der Waals surface area contributed by atoms with E-state index in [-0.39, 0.29) is 16.1 Å². The van der Waals surface area contributed by atoms with Crippen molar-refractivity contribution in [3.63, 3.8) is 0 Å². The van der Waals surface area contributed by atoms with E-state index in [1.807, 2.05) is 64.1 Å². The van der Waals surface area contributed by atoms with Gasteiger partial charge >= 0.3 is 0 Å². The highest BCUT2D eigenvalue weighted by Gasteiger charge is 2.17. The predicted octanol–water partition coefficient (Wildman–Crippen LogP) is 5.53. The maximum Gasteiger partial charge on any atom is 0.261 e. The van der Waals surface area contributed by atoms with E-state index in [1.165, 1.54) is 29.5 Å². The topological polar surface area (TPSA) is 75.3 Å². The molecule has 0 spiro atoms. The highest BCUT2D eigenvalue weighted by atomic mass is 32.2. The number of carbonyl (C=O) groups is 1. The van der Waals surface area contributed by atoms with Crippen molar-refractivity contribution in [2.24, 2.45) is 0 Å². The lowest BCUT2D eigenvalue weighted by Gasteiger charge is -2.13. The van der Waals surface area contributed by atoms with Crippen LogP contribution in [0.4, 0.5) is 11.4 Å². The number of aryl methyl sites for hydroxylation is 3. The molecule has 1 atom stereocenters. The number of carbonyl (C=O) groups excluding carboxylic acids is 1. The number of thioether (sulfide) groups is 1. The third-order valence-corrected chi connectivity index (χ3v) is 7.25. The number of nitrogens with one attached hydrogen (secondary N) is 2. The van der Waals surface area contributed by atoms with E-state index in [0.717, 1.165) is 16.0 Å². The highest BCUT2D eigenvalue weighted by molar-refractivity contribution is 8.00. The second-order valence-corrected chi connectivity index (χ2v) is 10.6. The van der Waals surface area contributed by atoms with Crippen LogP contribution in [0.25, 0.3) is 0 Å². The van der Waals surface area contributed by atoms with Gasteiger partial charge in [0.2, 0.25) is 5.91 Å². The van der Waals surface area contributed by atoms with Crippen LogP contribution in [0.5, 0.6) is 0 Å². The van der Waals surface area contributed by atoms with Crippen LogP contribution in [0.15, 0.2) is 76.5 Å². The Morgan fingerprint density at radius 2 is 1.48 bits per heavy atom. The monoisotopic (exact) mass is 454 g/mol. The van der Waals surface area contributed by atoms with Crippen LogP contribution >= 0.6 is 11.8 Å². The van der Waals surface area contributed by atoms with Crippen molar-refractivity contribution in [1.82, 2.24) is 0 Å². The summed E-state index contributed by atoms with van der Waals surface area (Å²) in [5.41, 5.74) is 4.18. The van der Waals surface area contributed by atoms with Crippen LogP contribution in [-0.4, -0.2) is 19.6 Å². The summed E-state index contributed by atoms with van der Waals surface area (Å²) < 4.78 is 28.0. The summed E-state index contributed by atoms with van der Waals surface area (Å²) in [6, 6.07) is 19.7. The van der Waals surface area contributed by atoms with Crippen LogP contribution in [0, 0.1) is 20.8 Å². The average molecular weight is 455 g/mol. The maximum atomic E-state index is 12.7. The fraction of sp³-hybridized carbons (Fsp3) is 0.208. The highest BCUT2D eigenvalue weighted by Crippen LogP contribution is 2.25. The third kappa shape index (κ3) is 6.12. The van der Waals surface area contributed by atoms with Gasteiger partial charge in [-0.25, -0.2) is 8.42 Å². The lowest BCUT2D eigenvalue weighted by molar-refractivity contribution is -0.115. The molecule has 0 saturated heterocycles. The lowest BCUT2D eigenvalue weighted by Crippen LogP contribution is -2.22. The number of hydrogen-bond acceptors (Lipinski definition) is 4. The zero-order valence-corrected chi connectivity index (χ0v) is 19.6. The van der Waals surface area contributed by atoms with Crippen molar-refractivity contribution in [3.8, 4) is 0 Å². The van der Waals surface area contributed by atoms with Crippen molar-refractivity contribution < 1.29 is 13.2 Å². The summed E-state index contributed by atoms with van der Waals surface area (Å²) in [5.74, 6) is -0.144. The molecule has 1 amide bonds. The molecule has 0 aliphatic heterocycles. The van der Waals surface area contributed by atoms with Crippen LogP contribution < -0.4 is 10.0 Å². The van der Waals surface area contributed by atoms with E-state index >= 15 is 0 Å². The summed E-state index contributed by atoms with van der Waals surface area (Å²) in [6.45, 7) is 7.68. The maximum absolute atomic E-state index is 12.7. The van der Waals surface area contributed by atoms with Gasteiger partial charge in [-0.1, -0.05) is 35.4 Å². The van der Waals surface area contributed by atoms with Crippen molar-refractivity contribution in [2.45, 2.75) is 42.7 Å². The Hall–Kier alpha value is -2.77. The fourth-order valence-electron chi connectivity index (χ4n) is 2.97. The Morgan fingerprint density at radius 1 is 0.871 bits per heavy atom. The van der Waals surface area contributed by atoms with Gasteiger partial charge in [0.25, 0.3) is 10.0 Å². The van der Waals surface area contributed by atoms with Crippen molar-refractivity contribution in [1.29, 1.82) is 0 Å². The second-order valence-electron chi connectivity index (χ2n) is 7.51. The van der Waals surface area contributed by atoms with Crippen LogP contribution in [0.3, 0.4) is 0 Å². The molecule has 31 heavy (non-hydrogen) atoms. The van der Waals surface area contributed by atoms with Gasteiger partial charge in [-0.3, -0.25) is 9.52 Å². The minimum Gasteiger partial charge on any atom is -0.325 e. The average Bonchev–Trinajstić information content (AvgIpc) is 2.72. The van der Waals surface area contributed by atoms with Gasteiger partial charge in [0.15, 0.2) is 0 Å². The van der Waals surface area contributed by atoms with Gasteiger partial charge in [-0.05, 0) is 75.7 Å². The molecule has 0 fully saturated rings. The van der Waals surface area contributed by atoms with E-state index < -0.39 is 10.0 Å². The fourth-order valence-corrected chi connectivity index (χ4v) is 4.97. The predicted molar refractivity (Wildman–Crippen MR) is 128 cm³/mol. The van der Waals surface area contributed by atoms with Crippen LogP contribution in [0.2, 0.25) is 0 Å². The number of hydrogen-bond donors (Lipinski definition) is 2. The summed E-state index contributed by atoms with van der Waals surface area (Å²) in [7, 11) is -3.72. The first-order valence-corrected chi connectivity index (χ1v) is 12.2. The Kier molecular flexibility index (Phi) is 7.08. The molecule has 2 N–H and O–H groups in total. The van der Waals surface area contributed by atoms with Gasteiger partial charge in [0, 0.05) is 10.6 Å². The summed E-state index contributed by atoms with van der Waals surface area (Å²) >= 11 is 1.47. The molecule has 0 unspecified atom stereocenters. The van der Waals surface area contributed by atoms with Gasteiger partial charge in [0.05, 0.1) is 15.8 Å². The number of benzene rings is 3. The zero-order valence-electron chi connectivity index (χ0n) is 18.0. The molecule has 3 rings (SSSR count). The molecule has 162 valence electrons. The minimum absolute atomic E-state index is 0.132. The zero-order chi connectivity index (χ0) is 22.6. The van der Waals surface area contributed by atoms with E-state index in [1.54, 1.807) is 18.2 Å². The van der Waals surface area contributed by atoms with E-state index in [4.69, 9.17) is 0 Å². The molecule has 0 aliphatic rings. The second kappa shape index (κ2) is 9.58. The summed E-state index contributed by atoms with van der Waals surface area (Å²) in [4.78, 5) is 13.7. The van der Waals surface area contributed by atoms with Gasteiger partial charge in [-0.15, -0.1) is 11.8 Å². The molecule has 3 aromatic carbocycles. The standard InChI is InChI=1S/C24H26N2O3S2/c1-16-5-10-21(11-6-16)30-19(4)24(27)25-20-8-12-22(13-9-20)31(28,29)26-23-14-7-17(2)15-18(23)3/h5-15,19,26H,1-4H3,(H,25,27)/t19-/m0/s1. The lowest BCUT2D eigenvalue weighted by atomic mass is 10.1. The Labute approximate surface area is 188 Å². The molecule has 5 nitrogen and oxygen atoms in total. The van der Waals surface area contributed by atoms with Crippen molar-refractivity contribution in [3.05, 3.63) is 83.4 Å². The first-order chi connectivity index (χ1) is 14.6. The molecular weight excluding hydrogens is 428 g/mol. The molecule has 0 aromatic heterocycles. The van der Waals surface area contributed by atoms with Crippen molar-refractivity contribution >= 4 is 39.1 Å². The van der Waals surface area contributed by atoms with E-state index in [0.29, 0.717) is 11.4 Å². The molecular formula is C24H26N2O3S2. The quantitative estimate of drug-likeness (QED) is 0.460. The Morgan fingerprint density at radius 3 is 2.10 bits per heavy atom. The third-order valence-electron chi connectivity index (χ3n) is 4.76. The molecule has 0 heterocycles. The molecule has 7 heteroatoms. The van der Waals surface area contributed by atoms with E-state index in [2.05, 4.69) is 10.0 Å². The smallest absolute Gasteiger partial charge is 0.261 e. The summed E-state index contributed by atoms with van der Waals surface area (Å²) in [6.07, 6.45) is 0. The van der Waals surface area contributed by atoms with Gasteiger partial charge in [-0.2, -0.15) is 0 Å². The largest absolute Gasteiger partial charge is 0.325 e. The molecule has 0 bridgehead atoms. The summed E-state index contributed by atoms with van der Waals surface area (Å²) in [5, 5.41) is 2.55. The molecule has 3 aromatic rings. The van der Waals surface area contributed by atoms with Crippen LogP contribution in [-0.2, 0) is 14.8 Å².